The number of rotatable bonds is 4. The van der Waals surface area contributed by atoms with Crippen LogP contribution in [-0.4, -0.2) is 41.8 Å². The number of aliphatic hydroxyl groups excluding tert-OH is 1. The molecule has 1 unspecified atom stereocenters. The molecule has 2 N–H and O–H groups in total. The number of aliphatic hydroxyl groups is 1. The summed E-state index contributed by atoms with van der Waals surface area (Å²) in [6.07, 6.45) is 0. The van der Waals surface area contributed by atoms with E-state index in [0.717, 1.165) is 17.5 Å². The van der Waals surface area contributed by atoms with Gasteiger partial charge in [0.05, 0.1) is 12.6 Å². The molecule has 1 aromatic heterocycles. The lowest BCUT2D eigenvalue weighted by molar-refractivity contribution is 0.269. The van der Waals surface area contributed by atoms with Gasteiger partial charge in [-0.25, -0.2) is 9.97 Å². The molecule has 0 saturated heterocycles. The molecular formula is C13H24N4O. The lowest BCUT2D eigenvalue weighted by Crippen LogP contribution is -2.33. The van der Waals surface area contributed by atoms with Gasteiger partial charge in [-0.05, 0) is 6.92 Å². The Labute approximate surface area is 109 Å². The van der Waals surface area contributed by atoms with Crippen molar-refractivity contribution < 1.29 is 5.11 Å². The van der Waals surface area contributed by atoms with E-state index in [9.17, 15) is 5.11 Å². The van der Waals surface area contributed by atoms with E-state index in [1.54, 1.807) is 0 Å². The Morgan fingerprint density at radius 2 is 2.00 bits per heavy atom. The molecule has 0 amide bonds. The number of hydrogen-bond donors (Lipinski definition) is 2. The monoisotopic (exact) mass is 252 g/mol. The van der Waals surface area contributed by atoms with Gasteiger partial charge < -0.3 is 15.3 Å². The Morgan fingerprint density at radius 1 is 1.39 bits per heavy atom. The van der Waals surface area contributed by atoms with Crippen molar-refractivity contribution in [2.24, 2.45) is 0 Å². The maximum Gasteiger partial charge on any atom is 0.138 e. The first-order chi connectivity index (χ1) is 8.29. The summed E-state index contributed by atoms with van der Waals surface area (Å²) < 4.78 is 0. The van der Waals surface area contributed by atoms with Gasteiger partial charge in [0.15, 0.2) is 0 Å². The number of hydrogen-bond acceptors (Lipinski definition) is 5. The second-order valence-electron chi connectivity index (χ2n) is 5.58. The summed E-state index contributed by atoms with van der Waals surface area (Å²) in [4.78, 5) is 11.0. The summed E-state index contributed by atoms with van der Waals surface area (Å²) in [5.41, 5.74) is -0.106. The van der Waals surface area contributed by atoms with Crippen LogP contribution in [0.4, 0.5) is 11.6 Å². The fourth-order valence-electron chi connectivity index (χ4n) is 1.43. The molecule has 0 radical (unpaired) electrons. The van der Waals surface area contributed by atoms with E-state index < -0.39 is 0 Å². The first-order valence-electron chi connectivity index (χ1n) is 6.20. The van der Waals surface area contributed by atoms with Crippen LogP contribution in [0.1, 0.15) is 33.5 Å². The molecule has 0 aliphatic rings. The molecule has 102 valence electrons. The van der Waals surface area contributed by atoms with Gasteiger partial charge >= 0.3 is 0 Å². The van der Waals surface area contributed by atoms with Crippen molar-refractivity contribution >= 4 is 11.6 Å². The minimum Gasteiger partial charge on any atom is -0.394 e. The summed E-state index contributed by atoms with van der Waals surface area (Å²) in [6, 6.07) is 1.92. The molecule has 1 atom stereocenters. The fourth-order valence-corrected chi connectivity index (χ4v) is 1.43. The number of anilines is 2. The van der Waals surface area contributed by atoms with Gasteiger partial charge in [0, 0.05) is 25.6 Å². The van der Waals surface area contributed by atoms with Crippen molar-refractivity contribution in [1.82, 2.24) is 9.97 Å². The van der Waals surface area contributed by atoms with Gasteiger partial charge in [-0.15, -0.1) is 0 Å². The largest absolute Gasteiger partial charge is 0.394 e. The molecule has 0 aromatic carbocycles. The highest BCUT2D eigenvalue weighted by Gasteiger charge is 2.21. The number of likely N-dealkylation sites (N-methyl/N-ethyl adjacent to an activating group) is 1. The lowest BCUT2D eigenvalue weighted by atomic mass is 9.96. The van der Waals surface area contributed by atoms with Crippen LogP contribution in [0, 0.1) is 0 Å². The molecule has 1 rings (SSSR count). The van der Waals surface area contributed by atoms with Crippen LogP contribution in [0.2, 0.25) is 0 Å². The van der Waals surface area contributed by atoms with Crippen molar-refractivity contribution in [2.45, 2.75) is 39.2 Å². The van der Waals surface area contributed by atoms with Crippen molar-refractivity contribution in [3.05, 3.63) is 11.9 Å². The molecule has 0 spiro atoms. The smallest absolute Gasteiger partial charge is 0.138 e. The Hall–Kier alpha value is -1.36. The molecule has 1 aromatic rings. The van der Waals surface area contributed by atoms with Gasteiger partial charge in [0.25, 0.3) is 0 Å². The van der Waals surface area contributed by atoms with Crippen LogP contribution in [-0.2, 0) is 5.41 Å². The van der Waals surface area contributed by atoms with Crippen molar-refractivity contribution in [1.29, 1.82) is 0 Å². The summed E-state index contributed by atoms with van der Waals surface area (Å²) in [5.74, 6) is 2.41. The maximum atomic E-state index is 9.22. The third-order valence-electron chi connectivity index (χ3n) is 2.93. The van der Waals surface area contributed by atoms with Gasteiger partial charge in [0.1, 0.15) is 17.5 Å². The third-order valence-corrected chi connectivity index (χ3v) is 2.93. The van der Waals surface area contributed by atoms with Crippen molar-refractivity contribution in [3.63, 3.8) is 0 Å². The predicted octanol–water partition coefficient (Wildman–Crippen LogP) is 1.63. The first-order valence-corrected chi connectivity index (χ1v) is 6.20. The predicted molar refractivity (Wildman–Crippen MR) is 75.2 cm³/mol. The highest BCUT2D eigenvalue weighted by Crippen LogP contribution is 2.24. The average molecular weight is 252 g/mol. The van der Waals surface area contributed by atoms with Gasteiger partial charge in [-0.2, -0.15) is 0 Å². The normalized spacial score (nSPS) is 13.3. The molecule has 5 heteroatoms. The molecule has 0 aliphatic carbocycles. The third kappa shape index (κ3) is 3.32. The van der Waals surface area contributed by atoms with Crippen LogP contribution in [0.15, 0.2) is 6.07 Å². The van der Waals surface area contributed by atoms with Crippen molar-refractivity contribution in [3.8, 4) is 0 Å². The molecule has 1 heterocycles. The zero-order chi connectivity index (χ0) is 13.9. The van der Waals surface area contributed by atoms with Gasteiger partial charge in [0.2, 0.25) is 0 Å². The molecule has 0 saturated carbocycles. The van der Waals surface area contributed by atoms with Gasteiger partial charge in [-0.1, -0.05) is 20.8 Å². The standard InChI is InChI=1S/C13H24N4O/c1-9(8-18)17(6)11-7-10(14-5)15-12(16-11)13(2,3)4/h7,9,18H,8H2,1-6H3,(H,14,15,16). The Morgan fingerprint density at radius 3 is 2.44 bits per heavy atom. The molecule has 5 nitrogen and oxygen atoms in total. The van der Waals surface area contributed by atoms with E-state index in [0.29, 0.717) is 0 Å². The van der Waals surface area contributed by atoms with E-state index in [2.05, 4.69) is 36.1 Å². The SMILES string of the molecule is CNc1cc(N(C)C(C)CO)nc(C(C)(C)C)n1. The summed E-state index contributed by atoms with van der Waals surface area (Å²) in [6.45, 7) is 8.31. The quantitative estimate of drug-likeness (QED) is 0.853. The number of nitrogens with zero attached hydrogens (tertiary/aromatic N) is 3. The minimum absolute atomic E-state index is 0.0254. The molecule has 0 aliphatic heterocycles. The minimum atomic E-state index is -0.106. The highest BCUT2D eigenvalue weighted by atomic mass is 16.3. The van der Waals surface area contributed by atoms with E-state index in [4.69, 9.17) is 0 Å². The van der Waals surface area contributed by atoms with Gasteiger partial charge in [-0.3, -0.25) is 0 Å². The van der Waals surface area contributed by atoms with Crippen LogP contribution < -0.4 is 10.2 Å². The Balaban J connectivity index is 3.20. The molecule has 18 heavy (non-hydrogen) atoms. The molecular weight excluding hydrogens is 228 g/mol. The first kappa shape index (κ1) is 14.7. The van der Waals surface area contributed by atoms with E-state index in [1.807, 2.05) is 32.0 Å². The van der Waals surface area contributed by atoms with E-state index >= 15 is 0 Å². The molecule has 0 bridgehead atoms. The van der Waals surface area contributed by atoms with Crippen LogP contribution >= 0.6 is 0 Å². The van der Waals surface area contributed by atoms with Crippen LogP contribution in [0.3, 0.4) is 0 Å². The zero-order valence-electron chi connectivity index (χ0n) is 12.2. The summed E-state index contributed by atoms with van der Waals surface area (Å²) in [7, 11) is 3.77. The average Bonchev–Trinajstić information content (AvgIpc) is 2.35. The molecule has 0 fully saturated rings. The zero-order valence-corrected chi connectivity index (χ0v) is 12.2. The highest BCUT2D eigenvalue weighted by molar-refractivity contribution is 5.49. The lowest BCUT2D eigenvalue weighted by Gasteiger charge is -2.26. The number of nitrogens with one attached hydrogen (secondary N) is 1. The second kappa shape index (κ2) is 5.52. The van der Waals surface area contributed by atoms with E-state index in [-0.39, 0.29) is 18.1 Å². The second-order valence-corrected chi connectivity index (χ2v) is 5.58. The fraction of sp³-hybridized carbons (Fsp3) is 0.692. The Kier molecular flexibility index (Phi) is 4.51. The van der Waals surface area contributed by atoms with Crippen LogP contribution in [0.5, 0.6) is 0 Å². The topological polar surface area (TPSA) is 61.3 Å². The summed E-state index contributed by atoms with van der Waals surface area (Å²) in [5, 5.41) is 12.3. The number of aromatic nitrogens is 2. The Bertz CT molecular complexity index is 400. The van der Waals surface area contributed by atoms with Crippen LogP contribution in [0.25, 0.3) is 0 Å². The van der Waals surface area contributed by atoms with Crippen molar-refractivity contribution in [2.75, 3.05) is 30.9 Å². The summed E-state index contributed by atoms with van der Waals surface area (Å²) >= 11 is 0. The van der Waals surface area contributed by atoms with E-state index in [1.165, 1.54) is 0 Å². The maximum absolute atomic E-state index is 9.22.